The van der Waals surface area contributed by atoms with Crippen molar-refractivity contribution in [3.8, 4) is 0 Å². The van der Waals surface area contributed by atoms with E-state index in [9.17, 15) is 9.59 Å². The van der Waals surface area contributed by atoms with Crippen LogP contribution in [-0.2, 0) is 11.2 Å². The molecule has 0 aromatic heterocycles. The molecule has 0 atom stereocenters. The highest BCUT2D eigenvalue weighted by Crippen LogP contribution is 2.23. The van der Waals surface area contributed by atoms with Gasteiger partial charge in [-0.2, -0.15) is 0 Å². The Bertz CT molecular complexity index is 815. The quantitative estimate of drug-likeness (QED) is 0.715. The number of rotatable bonds is 5. The second kappa shape index (κ2) is 9.25. The van der Waals surface area contributed by atoms with Crippen LogP contribution in [0.1, 0.15) is 48.0 Å². The van der Waals surface area contributed by atoms with Crippen LogP contribution in [0.4, 0.5) is 5.69 Å². The summed E-state index contributed by atoms with van der Waals surface area (Å²) in [5.41, 5.74) is 1.79. The van der Waals surface area contributed by atoms with E-state index in [1.807, 2.05) is 12.1 Å². The molecule has 6 heteroatoms. The van der Waals surface area contributed by atoms with Crippen molar-refractivity contribution in [1.82, 2.24) is 5.32 Å². The minimum atomic E-state index is -0.194. The first-order valence-electron chi connectivity index (χ1n) is 9.16. The van der Waals surface area contributed by atoms with Crippen LogP contribution in [0.25, 0.3) is 0 Å². The number of anilines is 1. The molecule has 0 heterocycles. The van der Waals surface area contributed by atoms with Crippen molar-refractivity contribution in [2.24, 2.45) is 0 Å². The number of halogens is 2. The second-order valence-corrected chi connectivity index (χ2v) is 7.70. The number of amides is 2. The predicted molar refractivity (Wildman–Crippen MR) is 110 cm³/mol. The smallest absolute Gasteiger partial charge is 0.253 e. The Hall–Kier alpha value is -2.04. The van der Waals surface area contributed by atoms with Crippen LogP contribution in [0.2, 0.25) is 10.0 Å². The zero-order valence-corrected chi connectivity index (χ0v) is 16.4. The molecule has 0 unspecified atom stereocenters. The predicted octanol–water partition coefficient (Wildman–Crippen LogP) is 5.24. The van der Waals surface area contributed by atoms with Gasteiger partial charge < -0.3 is 10.6 Å². The number of hydrogen-bond acceptors (Lipinski definition) is 2. The minimum Gasteiger partial charge on any atom is -0.349 e. The molecule has 2 N–H and O–H groups in total. The fourth-order valence-corrected chi connectivity index (χ4v) is 3.61. The third kappa shape index (κ3) is 5.72. The molecule has 2 amide bonds. The number of benzene rings is 2. The highest BCUT2D eigenvalue weighted by atomic mass is 35.5. The Labute approximate surface area is 169 Å². The molecular weight excluding hydrogens is 383 g/mol. The molecule has 0 bridgehead atoms. The highest BCUT2D eigenvalue weighted by molar-refractivity contribution is 6.34. The van der Waals surface area contributed by atoms with Crippen LogP contribution in [0.15, 0.2) is 42.5 Å². The number of nitrogens with one attached hydrogen (secondary N) is 2. The van der Waals surface area contributed by atoms with E-state index in [1.54, 1.807) is 30.3 Å². The van der Waals surface area contributed by atoms with E-state index < -0.39 is 0 Å². The fourth-order valence-electron chi connectivity index (χ4n) is 3.28. The molecule has 3 rings (SSSR count). The molecule has 0 spiro atoms. The van der Waals surface area contributed by atoms with Crippen LogP contribution in [0, 0.1) is 0 Å². The maximum absolute atomic E-state index is 12.6. The van der Waals surface area contributed by atoms with Gasteiger partial charge in [-0.3, -0.25) is 9.59 Å². The first-order valence-corrected chi connectivity index (χ1v) is 9.91. The summed E-state index contributed by atoms with van der Waals surface area (Å²) in [5.74, 6) is -0.362. The molecule has 0 saturated heterocycles. The molecule has 27 heavy (non-hydrogen) atoms. The largest absolute Gasteiger partial charge is 0.349 e. The SMILES string of the molecule is O=C(Cc1ccc(Cl)cc1)Nc1ccc(Cl)c(C(=O)NC2CCCCC2)c1. The molecule has 4 nitrogen and oxygen atoms in total. The van der Waals surface area contributed by atoms with E-state index in [0.29, 0.717) is 21.3 Å². The van der Waals surface area contributed by atoms with Crippen LogP contribution in [0.3, 0.4) is 0 Å². The van der Waals surface area contributed by atoms with E-state index >= 15 is 0 Å². The molecule has 2 aromatic rings. The fraction of sp³-hybridized carbons (Fsp3) is 0.333. The number of carbonyl (C=O) groups is 2. The molecular formula is C21H22Cl2N2O2. The van der Waals surface area contributed by atoms with Crippen molar-refractivity contribution >= 4 is 40.7 Å². The average molecular weight is 405 g/mol. The summed E-state index contributed by atoms with van der Waals surface area (Å²) in [4.78, 5) is 24.8. The van der Waals surface area contributed by atoms with Gasteiger partial charge in [0.25, 0.3) is 5.91 Å². The lowest BCUT2D eigenvalue weighted by Crippen LogP contribution is -2.36. The number of hydrogen-bond donors (Lipinski definition) is 2. The Morgan fingerprint density at radius 1 is 0.963 bits per heavy atom. The maximum atomic E-state index is 12.6. The molecule has 0 aliphatic heterocycles. The Morgan fingerprint density at radius 2 is 1.67 bits per heavy atom. The first kappa shape index (κ1) is 19.7. The zero-order valence-electron chi connectivity index (χ0n) is 14.9. The summed E-state index contributed by atoms with van der Waals surface area (Å²) in [5, 5.41) is 6.88. The standard InChI is InChI=1S/C21H22Cl2N2O2/c22-15-8-6-14(7-9-15)12-20(26)24-17-10-11-19(23)18(13-17)21(27)25-16-4-2-1-3-5-16/h6-11,13,16H,1-5,12H2,(H,24,26)(H,25,27). The lowest BCUT2D eigenvalue weighted by Gasteiger charge is -2.23. The van der Waals surface area contributed by atoms with E-state index in [4.69, 9.17) is 23.2 Å². The first-order chi connectivity index (χ1) is 13.0. The van der Waals surface area contributed by atoms with Gasteiger partial charge in [0.15, 0.2) is 0 Å². The van der Waals surface area contributed by atoms with Crippen LogP contribution < -0.4 is 10.6 Å². The maximum Gasteiger partial charge on any atom is 0.253 e. The topological polar surface area (TPSA) is 58.2 Å². The molecule has 1 aliphatic rings. The van der Waals surface area contributed by atoms with Gasteiger partial charge in [-0.1, -0.05) is 54.6 Å². The third-order valence-electron chi connectivity index (χ3n) is 4.71. The Balaban J connectivity index is 1.64. The van der Waals surface area contributed by atoms with Gasteiger partial charge in [0, 0.05) is 16.8 Å². The van der Waals surface area contributed by atoms with Crippen molar-refractivity contribution in [2.75, 3.05) is 5.32 Å². The van der Waals surface area contributed by atoms with Crippen LogP contribution in [0.5, 0.6) is 0 Å². The van der Waals surface area contributed by atoms with Gasteiger partial charge in [0.1, 0.15) is 0 Å². The van der Waals surface area contributed by atoms with Crippen molar-refractivity contribution in [3.05, 3.63) is 63.6 Å². The van der Waals surface area contributed by atoms with Gasteiger partial charge in [-0.05, 0) is 48.7 Å². The highest BCUT2D eigenvalue weighted by Gasteiger charge is 2.19. The average Bonchev–Trinajstić information content (AvgIpc) is 2.66. The monoisotopic (exact) mass is 404 g/mol. The van der Waals surface area contributed by atoms with E-state index in [0.717, 1.165) is 31.2 Å². The van der Waals surface area contributed by atoms with E-state index in [2.05, 4.69) is 10.6 Å². The van der Waals surface area contributed by atoms with Crippen molar-refractivity contribution in [1.29, 1.82) is 0 Å². The van der Waals surface area contributed by atoms with Gasteiger partial charge in [-0.15, -0.1) is 0 Å². The van der Waals surface area contributed by atoms with E-state index in [-0.39, 0.29) is 24.3 Å². The van der Waals surface area contributed by atoms with Gasteiger partial charge >= 0.3 is 0 Å². The van der Waals surface area contributed by atoms with Gasteiger partial charge in [-0.25, -0.2) is 0 Å². The summed E-state index contributed by atoms with van der Waals surface area (Å²) in [6.45, 7) is 0. The summed E-state index contributed by atoms with van der Waals surface area (Å²) < 4.78 is 0. The molecule has 0 radical (unpaired) electrons. The summed E-state index contributed by atoms with van der Waals surface area (Å²) >= 11 is 12.1. The molecule has 2 aromatic carbocycles. The Morgan fingerprint density at radius 3 is 2.37 bits per heavy atom. The molecule has 1 fully saturated rings. The lowest BCUT2D eigenvalue weighted by atomic mass is 9.95. The normalized spacial score (nSPS) is 14.6. The van der Waals surface area contributed by atoms with Crippen molar-refractivity contribution < 1.29 is 9.59 Å². The third-order valence-corrected chi connectivity index (χ3v) is 5.29. The minimum absolute atomic E-state index is 0.168. The van der Waals surface area contributed by atoms with Crippen LogP contribution >= 0.6 is 23.2 Å². The second-order valence-electron chi connectivity index (χ2n) is 6.85. The molecule has 1 saturated carbocycles. The number of carbonyl (C=O) groups excluding carboxylic acids is 2. The van der Waals surface area contributed by atoms with Crippen molar-refractivity contribution in [2.45, 2.75) is 44.6 Å². The summed E-state index contributed by atoms with van der Waals surface area (Å²) in [6, 6.07) is 12.3. The summed E-state index contributed by atoms with van der Waals surface area (Å²) in [7, 11) is 0. The van der Waals surface area contributed by atoms with E-state index in [1.165, 1.54) is 6.42 Å². The van der Waals surface area contributed by atoms with Gasteiger partial charge in [0.2, 0.25) is 5.91 Å². The summed E-state index contributed by atoms with van der Waals surface area (Å²) in [6.07, 6.45) is 5.73. The zero-order chi connectivity index (χ0) is 19.2. The molecule has 1 aliphatic carbocycles. The lowest BCUT2D eigenvalue weighted by molar-refractivity contribution is -0.115. The Kier molecular flexibility index (Phi) is 6.75. The van der Waals surface area contributed by atoms with Crippen molar-refractivity contribution in [3.63, 3.8) is 0 Å². The van der Waals surface area contributed by atoms with Gasteiger partial charge in [0.05, 0.1) is 17.0 Å². The molecule has 142 valence electrons. The van der Waals surface area contributed by atoms with Crippen LogP contribution in [-0.4, -0.2) is 17.9 Å².